The number of hydrogen-bond donors (Lipinski definition) is 1. The molecule has 1 saturated carbocycles. The van der Waals surface area contributed by atoms with E-state index in [1.807, 2.05) is 25.1 Å². The van der Waals surface area contributed by atoms with Gasteiger partial charge in [-0.3, -0.25) is 9.69 Å². The van der Waals surface area contributed by atoms with Crippen LogP contribution < -0.4 is 4.90 Å². The first-order valence-electron chi connectivity index (χ1n) is 11.0. The van der Waals surface area contributed by atoms with Gasteiger partial charge in [-0.15, -0.1) is 0 Å². The Kier molecular flexibility index (Phi) is 4.77. The summed E-state index contributed by atoms with van der Waals surface area (Å²) < 4.78 is 11.5. The molecule has 0 bridgehead atoms. The summed E-state index contributed by atoms with van der Waals surface area (Å²) in [4.78, 5) is 27.8. The molecule has 1 aromatic heterocycles. The van der Waals surface area contributed by atoms with Gasteiger partial charge < -0.3 is 14.3 Å². The monoisotopic (exact) mass is 421 g/mol. The fourth-order valence-corrected chi connectivity index (χ4v) is 5.00. The molecule has 2 aliphatic rings. The number of fused-ring (bicyclic) bond motifs is 4. The van der Waals surface area contributed by atoms with Gasteiger partial charge >= 0.3 is 5.97 Å². The van der Waals surface area contributed by atoms with E-state index in [1.165, 1.54) is 0 Å². The summed E-state index contributed by atoms with van der Waals surface area (Å²) in [6, 6.07) is 7.36. The Balaban J connectivity index is 1.65. The van der Waals surface area contributed by atoms with E-state index in [1.54, 1.807) is 17.9 Å². The molecule has 6 heteroatoms. The SMILES string of the molecule is Cc1cc2oc3cc4c(cc3c2cc1CO)N(C(=O)C1CCC(C)CC1)C(C)OC4=O. The molecule has 0 saturated heterocycles. The molecule has 5 rings (SSSR count). The Morgan fingerprint density at radius 2 is 1.74 bits per heavy atom. The first-order chi connectivity index (χ1) is 14.9. The molecule has 1 N–H and O–H groups in total. The van der Waals surface area contributed by atoms with Gasteiger partial charge in [-0.2, -0.15) is 0 Å². The highest BCUT2D eigenvalue weighted by Crippen LogP contribution is 2.40. The van der Waals surface area contributed by atoms with Crippen molar-refractivity contribution in [3.63, 3.8) is 0 Å². The molecule has 1 unspecified atom stereocenters. The number of aryl methyl sites for hydroxylation is 1. The number of esters is 1. The highest BCUT2D eigenvalue weighted by atomic mass is 16.6. The summed E-state index contributed by atoms with van der Waals surface area (Å²) in [5.41, 5.74) is 3.94. The van der Waals surface area contributed by atoms with Gasteiger partial charge in [0.1, 0.15) is 11.2 Å². The fraction of sp³-hybridized carbons (Fsp3) is 0.440. The molecule has 2 heterocycles. The standard InChI is InChI=1S/C25H27NO5/c1-13-4-6-16(7-5-13)24(28)26-15(3)30-25(29)20-11-23-19(10-21(20)26)18-9-17(12-27)14(2)8-22(18)31-23/h8-11,13,15-16,27H,4-7,12H2,1-3H3. The van der Waals surface area contributed by atoms with Crippen LogP contribution >= 0.6 is 0 Å². The number of carbonyl (C=O) groups excluding carboxylic acids is 2. The van der Waals surface area contributed by atoms with Crippen molar-refractivity contribution in [3.8, 4) is 0 Å². The van der Waals surface area contributed by atoms with Crippen molar-refractivity contribution < 1.29 is 23.8 Å². The van der Waals surface area contributed by atoms with Crippen molar-refractivity contribution in [2.75, 3.05) is 4.90 Å². The minimum atomic E-state index is -0.655. The van der Waals surface area contributed by atoms with Crippen LogP contribution in [-0.2, 0) is 16.1 Å². The van der Waals surface area contributed by atoms with Crippen LogP contribution in [0.1, 0.15) is 61.0 Å². The molecule has 162 valence electrons. The van der Waals surface area contributed by atoms with E-state index in [0.717, 1.165) is 47.6 Å². The van der Waals surface area contributed by atoms with Crippen LogP contribution in [0, 0.1) is 18.8 Å². The third-order valence-corrected chi connectivity index (χ3v) is 6.94. The molecule has 1 aliphatic heterocycles. The first kappa shape index (κ1) is 20.1. The zero-order valence-corrected chi connectivity index (χ0v) is 18.1. The second-order valence-corrected chi connectivity index (χ2v) is 9.07. The average molecular weight is 421 g/mol. The Morgan fingerprint density at radius 1 is 1.06 bits per heavy atom. The second-order valence-electron chi connectivity index (χ2n) is 9.07. The lowest BCUT2D eigenvalue weighted by Crippen LogP contribution is -2.48. The number of ether oxygens (including phenoxy) is 1. The van der Waals surface area contributed by atoms with Gasteiger partial charge in [0, 0.05) is 16.7 Å². The van der Waals surface area contributed by atoms with E-state index in [0.29, 0.717) is 28.3 Å². The van der Waals surface area contributed by atoms with E-state index < -0.39 is 12.2 Å². The summed E-state index contributed by atoms with van der Waals surface area (Å²) in [5.74, 6) is 0.170. The van der Waals surface area contributed by atoms with Gasteiger partial charge in [0.05, 0.1) is 17.9 Å². The van der Waals surface area contributed by atoms with Crippen molar-refractivity contribution in [3.05, 3.63) is 41.0 Å². The number of benzene rings is 2. The summed E-state index contributed by atoms with van der Waals surface area (Å²) in [5, 5.41) is 11.4. The van der Waals surface area contributed by atoms with Crippen molar-refractivity contribution in [2.24, 2.45) is 11.8 Å². The largest absolute Gasteiger partial charge is 0.456 e. The van der Waals surface area contributed by atoms with Crippen molar-refractivity contribution in [1.82, 2.24) is 0 Å². The number of anilines is 1. The van der Waals surface area contributed by atoms with Crippen LogP contribution in [0.3, 0.4) is 0 Å². The molecule has 1 atom stereocenters. The number of nitrogens with zero attached hydrogens (tertiary/aromatic N) is 1. The zero-order valence-electron chi connectivity index (χ0n) is 18.1. The minimum absolute atomic E-state index is 0.0205. The van der Waals surface area contributed by atoms with Crippen LogP contribution in [0.2, 0.25) is 0 Å². The summed E-state index contributed by atoms with van der Waals surface area (Å²) in [6.45, 7) is 5.83. The van der Waals surface area contributed by atoms with Crippen LogP contribution in [-0.4, -0.2) is 23.2 Å². The fourth-order valence-electron chi connectivity index (χ4n) is 5.00. The first-order valence-corrected chi connectivity index (χ1v) is 11.0. The van der Waals surface area contributed by atoms with Crippen LogP contribution in [0.4, 0.5) is 5.69 Å². The van der Waals surface area contributed by atoms with Crippen LogP contribution in [0.25, 0.3) is 21.9 Å². The molecule has 0 radical (unpaired) electrons. The number of hydrogen-bond acceptors (Lipinski definition) is 5. The molecular weight excluding hydrogens is 394 g/mol. The molecule has 3 aromatic rings. The number of aliphatic hydroxyl groups excluding tert-OH is 1. The predicted molar refractivity (Wildman–Crippen MR) is 118 cm³/mol. The smallest absolute Gasteiger partial charge is 0.342 e. The third kappa shape index (κ3) is 3.21. The van der Waals surface area contributed by atoms with Gasteiger partial charge in [-0.05, 0) is 80.8 Å². The number of rotatable bonds is 2. The maximum absolute atomic E-state index is 13.5. The second kappa shape index (κ2) is 7.38. The van der Waals surface area contributed by atoms with Crippen molar-refractivity contribution in [2.45, 2.75) is 59.3 Å². The van der Waals surface area contributed by atoms with Gasteiger partial charge in [-0.1, -0.05) is 6.92 Å². The molecule has 6 nitrogen and oxygen atoms in total. The highest BCUT2D eigenvalue weighted by Gasteiger charge is 2.38. The van der Waals surface area contributed by atoms with E-state index >= 15 is 0 Å². The van der Waals surface area contributed by atoms with Gasteiger partial charge in [-0.25, -0.2) is 4.79 Å². The molecular formula is C25H27NO5. The van der Waals surface area contributed by atoms with E-state index in [2.05, 4.69) is 6.92 Å². The molecule has 31 heavy (non-hydrogen) atoms. The third-order valence-electron chi connectivity index (χ3n) is 6.94. The topological polar surface area (TPSA) is 80.0 Å². The van der Waals surface area contributed by atoms with Crippen LogP contribution in [0.15, 0.2) is 28.7 Å². The number of cyclic esters (lactones) is 1. The number of amides is 1. The number of aliphatic hydroxyl groups is 1. The Bertz CT molecular complexity index is 1200. The Labute approximate surface area is 180 Å². The molecule has 1 fully saturated rings. The van der Waals surface area contributed by atoms with Crippen molar-refractivity contribution in [1.29, 1.82) is 0 Å². The molecule has 1 amide bonds. The normalized spacial score (nSPS) is 23.8. The van der Waals surface area contributed by atoms with Crippen LogP contribution in [0.5, 0.6) is 0 Å². The lowest BCUT2D eigenvalue weighted by atomic mass is 9.82. The van der Waals surface area contributed by atoms with Crippen molar-refractivity contribution >= 4 is 39.5 Å². The van der Waals surface area contributed by atoms with E-state index in [4.69, 9.17) is 9.15 Å². The highest BCUT2D eigenvalue weighted by molar-refractivity contribution is 6.13. The quantitative estimate of drug-likeness (QED) is 0.585. The zero-order chi connectivity index (χ0) is 21.9. The molecule has 1 aliphatic carbocycles. The summed E-state index contributed by atoms with van der Waals surface area (Å²) in [7, 11) is 0. The van der Waals surface area contributed by atoms with Gasteiger partial charge in [0.25, 0.3) is 0 Å². The summed E-state index contributed by atoms with van der Waals surface area (Å²) >= 11 is 0. The van der Waals surface area contributed by atoms with Gasteiger partial charge in [0.15, 0.2) is 6.23 Å². The maximum Gasteiger partial charge on any atom is 0.342 e. The Hall–Kier alpha value is -2.86. The maximum atomic E-state index is 13.5. The lowest BCUT2D eigenvalue weighted by molar-refractivity contribution is -0.125. The molecule has 2 aromatic carbocycles. The molecule has 0 spiro atoms. The summed E-state index contributed by atoms with van der Waals surface area (Å²) in [6.07, 6.45) is 3.16. The minimum Gasteiger partial charge on any atom is -0.456 e. The van der Waals surface area contributed by atoms with E-state index in [-0.39, 0.29) is 18.4 Å². The van der Waals surface area contributed by atoms with E-state index in [9.17, 15) is 14.7 Å². The predicted octanol–water partition coefficient (Wildman–Crippen LogP) is 5.06. The Morgan fingerprint density at radius 3 is 2.45 bits per heavy atom. The van der Waals surface area contributed by atoms with Gasteiger partial charge in [0.2, 0.25) is 5.91 Å². The average Bonchev–Trinajstić information content (AvgIpc) is 3.08. The lowest BCUT2D eigenvalue weighted by Gasteiger charge is -2.37. The number of carbonyl (C=O) groups is 2. The number of furan rings is 1.